The molecule has 0 aliphatic heterocycles. The highest BCUT2D eigenvalue weighted by atomic mass is 35.5. The molecule has 3 rings (SSSR count). The quantitative estimate of drug-likeness (QED) is 0.684. The van der Waals surface area contributed by atoms with E-state index in [1.165, 1.54) is 6.33 Å². The lowest BCUT2D eigenvalue weighted by atomic mass is 10.2. The van der Waals surface area contributed by atoms with Crippen molar-refractivity contribution in [2.24, 2.45) is 0 Å². The molecule has 0 aliphatic rings. The number of aromatic nitrogens is 3. The Morgan fingerprint density at radius 3 is 2.84 bits per heavy atom. The average molecular weight is 272 g/mol. The Hall–Kier alpha value is -2.20. The summed E-state index contributed by atoms with van der Waals surface area (Å²) >= 11 is 6.13. The van der Waals surface area contributed by atoms with Crippen LogP contribution in [0.25, 0.3) is 16.7 Å². The molecule has 0 N–H and O–H groups in total. The molecule has 0 fully saturated rings. The SMILES string of the molecule is Cc1ccc(-n2cnc(=O)c3cccnc32)cc1Cl. The van der Waals surface area contributed by atoms with Crippen molar-refractivity contribution in [2.45, 2.75) is 6.92 Å². The van der Waals surface area contributed by atoms with E-state index < -0.39 is 0 Å². The van der Waals surface area contributed by atoms with Crippen LogP contribution in [0.1, 0.15) is 5.56 Å². The molecule has 0 aliphatic carbocycles. The molecule has 4 nitrogen and oxygen atoms in total. The van der Waals surface area contributed by atoms with Gasteiger partial charge in [-0.1, -0.05) is 17.7 Å². The monoisotopic (exact) mass is 271 g/mol. The normalized spacial score (nSPS) is 10.8. The van der Waals surface area contributed by atoms with Crippen LogP contribution in [-0.4, -0.2) is 14.5 Å². The maximum Gasteiger partial charge on any atom is 0.282 e. The minimum atomic E-state index is -0.280. The summed E-state index contributed by atoms with van der Waals surface area (Å²) in [6.07, 6.45) is 3.12. The summed E-state index contributed by atoms with van der Waals surface area (Å²) in [5.41, 5.74) is 2.11. The molecule has 0 unspecified atom stereocenters. The van der Waals surface area contributed by atoms with Gasteiger partial charge in [-0.2, -0.15) is 4.98 Å². The summed E-state index contributed by atoms with van der Waals surface area (Å²) in [6.45, 7) is 1.94. The summed E-state index contributed by atoms with van der Waals surface area (Å²) < 4.78 is 1.75. The number of fused-ring (bicyclic) bond motifs is 1. The van der Waals surface area contributed by atoms with Gasteiger partial charge in [0.1, 0.15) is 6.33 Å². The zero-order valence-electron chi connectivity index (χ0n) is 10.2. The van der Waals surface area contributed by atoms with Gasteiger partial charge < -0.3 is 0 Å². The van der Waals surface area contributed by atoms with Crippen LogP contribution >= 0.6 is 11.6 Å². The van der Waals surface area contributed by atoms with Crippen molar-refractivity contribution in [1.82, 2.24) is 14.5 Å². The van der Waals surface area contributed by atoms with Gasteiger partial charge in [0.25, 0.3) is 5.56 Å². The molecule has 0 saturated heterocycles. The van der Waals surface area contributed by atoms with E-state index in [1.54, 1.807) is 22.9 Å². The smallest absolute Gasteiger partial charge is 0.282 e. The molecule has 1 aromatic carbocycles. The van der Waals surface area contributed by atoms with Gasteiger partial charge in [0.2, 0.25) is 0 Å². The van der Waals surface area contributed by atoms with Crippen molar-refractivity contribution in [1.29, 1.82) is 0 Å². The molecule has 0 atom stereocenters. The second-order valence-corrected chi connectivity index (χ2v) is 4.63. The number of hydrogen-bond acceptors (Lipinski definition) is 3. The number of pyridine rings is 1. The third kappa shape index (κ3) is 2.00. The number of benzene rings is 1. The van der Waals surface area contributed by atoms with E-state index in [0.29, 0.717) is 16.1 Å². The Morgan fingerprint density at radius 2 is 2.05 bits per heavy atom. The molecule has 19 heavy (non-hydrogen) atoms. The molecule has 0 amide bonds. The van der Waals surface area contributed by atoms with E-state index >= 15 is 0 Å². The molecule has 2 heterocycles. The van der Waals surface area contributed by atoms with Gasteiger partial charge >= 0.3 is 0 Å². The molecular weight excluding hydrogens is 262 g/mol. The number of nitrogens with zero attached hydrogens (tertiary/aromatic N) is 3. The van der Waals surface area contributed by atoms with Gasteiger partial charge in [-0.3, -0.25) is 9.36 Å². The molecular formula is C14H10ClN3O. The second kappa shape index (κ2) is 4.48. The largest absolute Gasteiger partial charge is 0.284 e. The first kappa shape index (κ1) is 11.9. The molecule has 0 radical (unpaired) electrons. The van der Waals surface area contributed by atoms with Crippen molar-refractivity contribution in [3.05, 3.63) is 63.8 Å². The van der Waals surface area contributed by atoms with Crippen molar-refractivity contribution < 1.29 is 0 Å². The third-order valence-electron chi connectivity index (χ3n) is 2.97. The van der Waals surface area contributed by atoms with E-state index in [9.17, 15) is 4.79 Å². The Kier molecular flexibility index (Phi) is 2.80. The summed E-state index contributed by atoms with van der Waals surface area (Å²) in [4.78, 5) is 19.8. The first-order valence-electron chi connectivity index (χ1n) is 5.76. The lowest BCUT2D eigenvalue weighted by molar-refractivity contribution is 0.991. The molecule has 0 spiro atoms. The highest BCUT2D eigenvalue weighted by molar-refractivity contribution is 6.31. The highest BCUT2D eigenvalue weighted by Gasteiger charge is 2.07. The van der Waals surface area contributed by atoms with Crippen LogP contribution in [0.15, 0.2) is 47.7 Å². The fourth-order valence-corrected chi connectivity index (χ4v) is 2.09. The maximum atomic E-state index is 11.7. The average Bonchev–Trinajstić information content (AvgIpc) is 2.43. The summed E-state index contributed by atoms with van der Waals surface area (Å²) in [7, 11) is 0. The summed E-state index contributed by atoms with van der Waals surface area (Å²) in [5, 5.41) is 1.15. The minimum Gasteiger partial charge on any atom is -0.284 e. The van der Waals surface area contributed by atoms with E-state index in [0.717, 1.165) is 11.3 Å². The van der Waals surface area contributed by atoms with E-state index in [4.69, 9.17) is 11.6 Å². The topological polar surface area (TPSA) is 47.8 Å². The fourth-order valence-electron chi connectivity index (χ4n) is 1.91. The Labute approximate surface area is 114 Å². The highest BCUT2D eigenvalue weighted by Crippen LogP contribution is 2.20. The van der Waals surface area contributed by atoms with Crippen LogP contribution in [0.4, 0.5) is 0 Å². The number of rotatable bonds is 1. The molecule has 5 heteroatoms. The van der Waals surface area contributed by atoms with Gasteiger partial charge in [-0.15, -0.1) is 0 Å². The number of aryl methyl sites for hydroxylation is 1. The van der Waals surface area contributed by atoms with Crippen molar-refractivity contribution in [2.75, 3.05) is 0 Å². The third-order valence-corrected chi connectivity index (χ3v) is 3.38. The van der Waals surface area contributed by atoms with E-state index in [1.807, 2.05) is 25.1 Å². The fraction of sp³-hybridized carbons (Fsp3) is 0.0714. The number of halogens is 1. The van der Waals surface area contributed by atoms with Crippen LogP contribution in [0.5, 0.6) is 0 Å². The van der Waals surface area contributed by atoms with Crippen molar-refractivity contribution in [3.8, 4) is 5.69 Å². The molecule has 94 valence electrons. The Morgan fingerprint density at radius 1 is 1.21 bits per heavy atom. The van der Waals surface area contributed by atoms with Crippen LogP contribution in [-0.2, 0) is 0 Å². The van der Waals surface area contributed by atoms with Gasteiger partial charge in [0.05, 0.1) is 11.1 Å². The summed E-state index contributed by atoms with van der Waals surface area (Å²) in [6, 6.07) is 9.10. The lowest BCUT2D eigenvalue weighted by Crippen LogP contribution is -2.12. The van der Waals surface area contributed by atoms with Crippen LogP contribution < -0.4 is 5.56 Å². The van der Waals surface area contributed by atoms with E-state index in [2.05, 4.69) is 9.97 Å². The van der Waals surface area contributed by atoms with Crippen molar-refractivity contribution >= 4 is 22.6 Å². The van der Waals surface area contributed by atoms with Crippen LogP contribution in [0.3, 0.4) is 0 Å². The first-order chi connectivity index (χ1) is 9.16. The lowest BCUT2D eigenvalue weighted by Gasteiger charge is -2.10. The zero-order valence-corrected chi connectivity index (χ0v) is 10.9. The van der Waals surface area contributed by atoms with Gasteiger partial charge in [0.15, 0.2) is 5.65 Å². The molecule has 0 saturated carbocycles. The van der Waals surface area contributed by atoms with Crippen LogP contribution in [0.2, 0.25) is 5.02 Å². The van der Waals surface area contributed by atoms with Crippen molar-refractivity contribution in [3.63, 3.8) is 0 Å². The maximum absolute atomic E-state index is 11.7. The molecule has 0 bridgehead atoms. The van der Waals surface area contributed by atoms with Gasteiger partial charge in [-0.25, -0.2) is 4.98 Å². The standard InChI is InChI=1S/C14H10ClN3O/c1-9-4-5-10(7-12(9)15)18-8-17-14(19)11-3-2-6-16-13(11)18/h2-8H,1H3. The van der Waals surface area contributed by atoms with Gasteiger partial charge in [0, 0.05) is 11.2 Å². The molecule has 2 aromatic heterocycles. The second-order valence-electron chi connectivity index (χ2n) is 4.23. The predicted molar refractivity (Wildman–Crippen MR) is 74.9 cm³/mol. The van der Waals surface area contributed by atoms with E-state index in [-0.39, 0.29) is 5.56 Å². The Balaban J connectivity index is 2.34. The Bertz CT molecular complexity index is 826. The zero-order chi connectivity index (χ0) is 13.4. The minimum absolute atomic E-state index is 0.280. The number of hydrogen-bond donors (Lipinski definition) is 0. The predicted octanol–water partition coefficient (Wildman–Crippen LogP) is 2.74. The molecule has 3 aromatic rings. The first-order valence-corrected chi connectivity index (χ1v) is 6.13. The summed E-state index contributed by atoms with van der Waals surface area (Å²) in [5.74, 6) is 0. The van der Waals surface area contributed by atoms with Crippen LogP contribution in [0, 0.1) is 6.92 Å². The van der Waals surface area contributed by atoms with Gasteiger partial charge in [-0.05, 0) is 36.8 Å².